The predicted molar refractivity (Wildman–Crippen MR) is 130 cm³/mol. The number of guanidine groups is 1. The van der Waals surface area contributed by atoms with Gasteiger partial charge in [-0.1, -0.05) is 24.3 Å². The first-order valence-electron chi connectivity index (χ1n) is 9.41. The third kappa shape index (κ3) is 6.65. The Kier molecular flexibility index (Phi) is 9.46. The lowest BCUT2D eigenvalue weighted by Crippen LogP contribution is -2.36. The van der Waals surface area contributed by atoms with Gasteiger partial charge in [0.25, 0.3) is 0 Å². The molecule has 0 spiro atoms. The number of halogens is 1. The van der Waals surface area contributed by atoms with Gasteiger partial charge in [-0.3, -0.25) is 4.99 Å². The van der Waals surface area contributed by atoms with Crippen molar-refractivity contribution < 1.29 is 9.47 Å². The maximum absolute atomic E-state index is 5.45. The first-order chi connectivity index (χ1) is 14.2. The molecule has 0 fully saturated rings. The highest BCUT2D eigenvalue weighted by molar-refractivity contribution is 14.0. The van der Waals surface area contributed by atoms with E-state index in [4.69, 9.17) is 9.47 Å². The molecule has 0 amide bonds. The molecule has 0 atom stereocenters. The minimum atomic E-state index is 0. The van der Waals surface area contributed by atoms with Crippen LogP contribution in [0.25, 0.3) is 0 Å². The second-order valence-electron chi connectivity index (χ2n) is 6.51. The third-order valence-corrected chi connectivity index (χ3v) is 4.57. The van der Waals surface area contributed by atoms with E-state index in [-0.39, 0.29) is 24.0 Å². The molecule has 3 aromatic rings. The Bertz CT molecular complexity index is 927. The number of imidazole rings is 1. The molecular formula is C22H28IN5O2. The topological polar surface area (TPSA) is 72.7 Å². The van der Waals surface area contributed by atoms with Gasteiger partial charge in [-0.05, 0) is 23.3 Å². The van der Waals surface area contributed by atoms with Gasteiger partial charge in [-0.15, -0.1) is 24.0 Å². The van der Waals surface area contributed by atoms with Crippen molar-refractivity contribution in [1.82, 2.24) is 20.2 Å². The fraction of sp³-hybridized carbons (Fsp3) is 0.273. The average molecular weight is 521 g/mol. The zero-order valence-electron chi connectivity index (χ0n) is 17.5. The molecule has 2 aromatic carbocycles. The van der Waals surface area contributed by atoms with Crippen LogP contribution in [0.15, 0.2) is 66.2 Å². The van der Waals surface area contributed by atoms with Crippen molar-refractivity contribution in [3.63, 3.8) is 0 Å². The van der Waals surface area contributed by atoms with Crippen LogP contribution in [0.3, 0.4) is 0 Å². The van der Waals surface area contributed by atoms with Crippen molar-refractivity contribution in [1.29, 1.82) is 0 Å². The summed E-state index contributed by atoms with van der Waals surface area (Å²) in [5.41, 5.74) is 3.45. The molecule has 0 aliphatic carbocycles. The molecule has 0 unspecified atom stereocenters. The van der Waals surface area contributed by atoms with Crippen molar-refractivity contribution in [2.75, 3.05) is 21.3 Å². The number of ether oxygens (including phenoxy) is 2. The summed E-state index contributed by atoms with van der Waals surface area (Å²) in [4.78, 5) is 8.37. The summed E-state index contributed by atoms with van der Waals surface area (Å²) in [5.74, 6) is 2.27. The molecule has 3 rings (SSSR count). The van der Waals surface area contributed by atoms with Crippen LogP contribution < -0.4 is 20.1 Å². The van der Waals surface area contributed by atoms with Crippen LogP contribution in [-0.4, -0.2) is 36.8 Å². The number of aromatic nitrogens is 2. The van der Waals surface area contributed by atoms with Crippen LogP contribution in [0, 0.1) is 0 Å². The molecule has 8 heteroatoms. The number of hydrogen-bond acceptors (Lipinski definition) is 4. The lowest BCUT2D eigenvalue weighted by molar-refractivity contribution is 0.390. The van der Waals surface area contributed by atoms with Crippen molar-refractivity contribution in [3.8, 4) is 11.5 Å². The van der Waals surface area contributed by atoms with Gasteiger partial charge in [0.05, 0.1) is 20.5 Å². The Hall–Kier alpha value is -2.75. The lowest BCUT2D eigenvalue weighted by Gasteiger charge is -2.14. The molecule has 1 heterocycles. The molecular weight excluding hydrogens is 493 g/mol. The molecule has 0 radical (unpaired) electrons. The predicted octanol–water partition coefficient (Wildman–Crippen LogP) is 3.43. The molecule has 2 N–H and O–H groups in total. The summed E-state index contributed by atoms with van der Waals surface area (Å²) in [6.45, 7) is 2.10. The molecule has 160 valence electrons. The summed E-state index contributed by atoms with van der Waals surface area (Å²) >= 11 is 0. The first kappa shape index (κ1) is 23.5. The quantitative estimate of drug-likeness (QED) is 0.270. The van der Waals surface area contributed by atoms with E-state index < -0.39 is 0 Å². The molecule has 30 heavy (non-hydrogen) atoms. The SMILES string of the molecule is CN=C(NCc1ccc(Cn2ccnc2)cc1)NCc1ccc(OC)cc1OC.I. The highest BCUT2D eigenvalue weighted by Crippen LogP contribution is 2.24. The number of hydrogen-bond donors (Lipinski definition) is 2. The van der Waals surface area contributed by atoms with Crippen LogP contribution in [0.2, 0.25) is 0 Å². The van der Waals surface area contributed by atoms with Gasteiger partial charge in [0.15, 0.2) is 5.96 Å². The van der Waals surface area contributed by atoms with E-state index in [1.807, 2.05) is 35.3 Å². The van der Waals surface area contributed by atoms with Gasteiger partial charge in [0.1, 0.15) is 11.5 Å². The average Bonchev–Trinajstić information content (AvgIpc) is 3.28. The molecule has 0 bridgehead atoms. The second-order valence-corrected chi connectivity index (χ2v) is 6.51. The maximum atomic E-state index is 5.45. The number of benzene rings is 2. The standard InChI is InChI=1S/C22H27N5O2.HI/c1-23-22(26-14-19-8-9-20(28-2)12-21(19)29-3)25-13-17-4-6-18(7-5-17)15-27-11-10-24-16-27;/h4-12,16H,13-15H2,1-3H3,(H2,23,25,26);1H. The number of nitrogens with zero attached hydrogens (tertiary/aromatic N) is 3. The Morgan fingerprint density at radius 1 is 1.00 bits per heavy atom. The highest BCUT2D eigenvalue weighted by atomic mass is 127. The molecule has 0 saturated carbocycles. The maximum Gasteiger partial charge on any atom is 0.191 e. The number of nitrogens with one attached hydrogen (secondary N) is 2. The Morgan fingerprint density at radius 2 is 1.73 bits per heavy atom. The Labute approximate surface area is 194 Å². The normalized spacial score (nSPS) is 10.8. The van der Waals surface area contributed by atoms with Crippen LogP contribution in [0.4, 0.5) is 0 Å². The van der Waals surface area contributed by atoms with Gasteiger partial charge in [0, 0.05) is 50.7 Å². The second kappa shape index (κ2) is 12.1. The van der Waals surface area contributed by atoms with Crippen LogP contribution in [0.5, 0.6) is 11.5 Å². The Balaban J connectivity index is 0.00000320. The first-order valence-corrected chi connectivity index (χ1v) is 9.41. The number of rotatable bonds is 8. The zero-order chi connectivity index (χ0) is 20.5. The van der Waals surface area contributed by atoms with Crippen molar-refractivity contribution in [3.05, 3.63) is 77.9 Å². The molecule has 7 nitrogen and oxygen atoms in total. The lowest BCUT2D eigenvalue weighted by atomic mass is 10.1. The summed E-state index contributed by atoms with van der Waals surface area (Å²) < 4.78 is 12.7. The van der Waals surface area contributed by atoms with E-state index in [2.05, 4.69) is 44.9 Å². The largest absolute Gasteiger partial charge is 0.497 e. The Morgan fingerprint density at radius 3 is 2.37 bits per heavy atom. The minimum Gasteiger partial charge on any atom is -0.497 e. The van der Waals surface area contributed by atoms with E-state index >= 15 is 0 Å². The van der Waals surface area contributed by atoms with Crippen LogP contribution in [0.1, 0.15) is 16.7 Å². The summed E-state index contributed by atoms with van der Waals surface area (Å²) in [6.07, 6.45) is 5.57. The van der Waals surface area contributed by atoms with Gasteiger partial charge < -0.3 is 24.7 Å². The highest BCUT2D eigenvalue weighted by Gasteiger charge is 2.06. The smallest absolute Gasteiger partial charge is 0.191 e. The van der Waals surface area contributed by atoms with Gasteiger partial charge in [0.2, 0.25) is 0 Å². The molecule has 0 aliphatic rings. The van der Waals surface area contributed by atoms with E-state index in [9.17, 15) is 0 Å². The molecule has 0 saturated heterocycles. The summed E-state index contributed by atoms with van der Waals surface area (Å²) in [6, 6.07) is 14.3. The van der Waals surface area contributed by atoms with Crippen molar-refractivity contribution in [2.24, 2.45) is 4.99 Å². The van der Waals surface area contributed by atoms with Crippen LogP contribution in [-0.2, 0) is 19.6 Å². The van der Waals surface area contributed by atoms with Crippen LogP contribution >= 0.6 is 24.0 Å². The molecule has 1 aromatic heterocycles. The summed E-state index contributed by atoms with van der Waals surface area (Å²) in [5, 5.41) is 6.66. The monoisotopic (exact) mass is 521 g/mol. The zero-order valence-corrected chi connectivity index (χ0v) is 19.8. The van der Waals surface area contributed by atoms with Gasteiger partial charge in [-0.25, -0.2) is 4.98 Å². The minimum absolute atomic E-state index is 0. The van der Waals surface area contributed by atoms with Crippen molar-refractivity contribution >= 4 is 29.9 Å². The van der Waals surface area contributed by atoms with E-state index in [0.29, 0.717) is 13.1 Å². The summed E-state index contributed by atoms with van der Waals surface area (Å²) in [7, 11) is 5.05. The fourth-order valence-electron chi connectivity index (χ4n) is 2.94. The number of methoxy groups -OCH3 is 2. The van der Waals surface area contributed by atoms with Gasteiger partial charge in [-0.2, -0.15) is 0 Å². The number of aliphatic imine (C=N–C) groups is 1. The third-order valence-electron chi connectivity index (χ3n) is 4.57. The fourth-order valence-corrected chi connectivity index (χ4v) is 2.94. The van der Waals surface area contributed by atoms with E-state index in [0.717, 1.165) is 29.6 Å². The van der Waals surface area contributed by atoms with Gasteiger partial charge >= 0.3 is 0 Å². The van der Waals surface area contributed by atoms with E-state index in [1.165, 1.54) is 11.1 Å². The van der Waals surface area contributed by atoms with Crippen molar-refractivity contribution in [2.45, 2.75) is 19.6 Å². The molecule has 0 aliphatic heterocycles. The van der Waals surface area contributed by atoms with E-state index in [1.54, 1.807) is 27.5 Å².